The van der Waals surface area contributed by atoms with Crippen LogP contribution < -0.4 is 5.32 Å². The van der Waals surface area contributed by atoms with Gasteiger partial charge in [0, 0.05) is 14.1 Å². The molecule has 0 atom stereocenters. The number of halogens is 1. The maximum atomic E-state index is 13.4. The molecule has 0 radical (unpaired) electrons. The van der Waals surface area contributed by atoms with Crippen molar-refractivity contribution in [1.82, 2.24) is 10.2 Å². The summed E-state index contributed by atoms with van der Waals surface area (Å²) in [4.78, 5) is 23.9. The Morgan fingerprint density at radius 3 is 2.65 bits per heavy atom. The molecule has 1 aromatic carbocycles. The Morgan fingerprint density at radius 2 is 2.12 bits per heavy atom. The lowest BCUT2D eigenvalue weighted by Gasteiger charge is -2.17. The number of carbonyl (C=O) groups excluding carboxylic acids is 2. The van der Waals surface area contributed by atoms with Crippen LogP contribution in [0.2, 0.25) is 0 Å². The molecule has 0 aliphatic heterocycles. The van der Waals surface area contributed by atoms with Crippen molar-refractivity contribution in [3.05, 3.63) is 29.6 Å². The Bertz CT molecular complexity index is 428. The molecule has 0 fully saturated rings. The molecule has 0 heterocycles. The zero-order valence-electron chi connectivity index (χ0n) is 9.53. The van der Waals surface area contributed by atoms with Gasteiger partial charge in [-0.05, 0) is 12.1 Å². The van der Waals surface area contributed by atoms with E-state index in [1.807, 2.05) is 0 Å². The molecule has 0 saturated carbocycles. The molecule has 2 N–H and O–H groups in total. The van der Waals surface area contributed by atoms with Crippen molar-refractivity contribution in [2.24, 2.45) is 0 Å². The summed E-state index contributed by atoms with van der Waals surface area (Å²) in [5.41, 5.74) is -0.432. The summed E-state index contributed by atoms with van der Waals surface area (Å²) in [6.45, 7) is -0.205. The highest BCUT2D eigenvalue weighted by Gasteiger charge is 2.21. The molecule has 0 spiro atoms. The maximum absolute atomic E-state index is 13.4. The molecule has 0 aliphatic rings. The number of aromatic hydroxyl groups is 1. The fraction of sp³-hybridized carbons (Fsp3) is 0.273. The zero-order valence-corrected chi connectivity index (χ0v) is 9.53. The predicted octanol–water partition coefficient (Wildman–Crippen LogP) is 0.349. The van der Waals surface area contributed by atoms with Crippen molar-refractivity contribution < 1.29 is 19.1 Å². The molecular formula is C11H13FN2O3. The van der Waals surface area contributed by atoms with Gasteiger partial charge in [-0.25, -0.2) is 4.39 Å². The highest BCUT2D eigenvalue weighted by atomic mass is 19.1. The average Bonchev–Trinajstić information content (AvgIpc) is 2.28. The summed E-state index contributed by atoms with van der Waals surface area (Å²) in [6.07, 6.45) is 0. The largest absolute Gasteiger partial charge is 0.507 e. The van der Waals surface area contributed by atoms with Crippen molar-refractivity contribution in [1.29, 1.82) is 0 Å². The summed E-state index contributed by atoms with van der Waals surface area (Å²) in [7, 11) is 2.78. The third-order valence-electron chi connectivity index (χ3n) is 2.21. The van der Waals surface area contributed by atoms with Crippen LogP contribution in [0.3, 0.4) is 0 Å². The molecule has 0 saturated heterocycles. The number of hydrogen-bond acceptors (Lipinski definition) is 3. The Morgan fingerprint density at radius 1 is 1.47 bits per heavy atom. The van der Waals surface area contributed by atoms with Gasteiger partial charge in [0.15, 0.2) is 0 Å². The first-order valence-electron chi connectivity index (χ1n) is 4.91. The summed E-state index contributed by atoms with van der Waals surface area (Å²) >= 11 is 0. The van der Waals surface area contributed by atoms with Gasteiger partial charge in [-0.1, -0.05) is 6.07 Å². The minimum absolute atomic E-state index is 0.205. The van der Waals surface area contributed by atoms with Gasteiger partial charge in [-0.15, -0.1) is 0 Å². The molecule has 0 aliphatic carbocycles. The lowest BCUT2D eigenvalue weighted by Crippen LogP contribution is -2.37. The van der Waals surface area contributed by atoms with E-state index in [4.69, 9.17) is 0 Å². The van der Waals surface area contributed by atoms with Crippen LogP contribution in [0.25, 0.3) is 0 Å². The zero-order chi connectivity index (χ0) is 13.0. The van der Waals surface area contributed by atoms with E-state index in [9.17, 15) is 19.1 Å². The van der Waals surface area contributed by atoms with Gasteiger partial charge < -0.3 is 15.3 Å². The maximum Gasteiger partial charge on any atom is 0.260 e. The van der Waals surface area contributed by atoms with Crippen LogP contribution in [-0.2, 0) is 4.79 Å². The topological polar surface area (TPSA) is 69.6 Å². The molecule has 0 aromatic heterocycles. The number of phenols is 1. The molecule has 5 nitrogen and oxygen atoms in total. The van der Waals surface area contributed by atoms with Crippen molar-refractivity contribution in [3.63, 3.8) is 0 Å². The standard InChI is InChI=1S/C11H13FN2O3/c1-13-9(16)6-14(2)11(17)10-7(12)4-3-5-8(10)15/h3-5,15H,6H2,1-2H3,(H,13,16). The summed E-state index contributed by atoms with van der Waals surface area (Å²) in [5.74, 6) is -2.39. The number of likely N-dealkylation sites (N-methyl/N-ethyl adjacent to an activating group) is 2. The molecule has 17 heavy (non-hydrogen) atoms. The van der Waals surface area contributed by atoms with Crippen LogP contribution in [0.4, 0.5) is 4.39 Å². The first-order chi connectivity index (χ1) is 7.97. The monoisotopic (exact) mass is 240 g/mol. The van der Waals surface area contributed by atoms with Crippen LogP contribution in [0.5, 0.6) is 5.75 Å². The Labute approximate surface area is 97.8 Å². The highest BCUT2D eigenvalue weighted by Crippen LogP contribution is 2.21. The van der Waals surface area contributed by atoms with Gasteiger partial charge in [0.05, 0.1) is 6.54 Å². The van der Waals surface area contributed by atoms with E-state index in [-0.39, 0.29) is 12.5 Å². The normalized spacial score (nSPS) is 9.82. The average molecular weight is 240 g/mol. The third kappa shape index (κ3) is 2.93. The number of benzene rings is 1. The fourth-order valence-corrected chi connectivity index (χ4v) is 1.28. The Balaban J connectivity index is 2.93. The minimum atomic E-state index is -0.821. The molecular weight excluding hydrogens is 227 g/mol. The van der Waals surface area contributed by atoms with Crippen LogP contribution in [-0.4, -0.2) is 42.5 Å². The second-order valence-corrected chi connectivity index (χ2v) is 3.47. The minimum Gasteiger partial charge on any atom is -0.507 e. The number of carbonyl (C=O) groups is 2. The first-order valence-corrected chi connectivity index (χ1v) is 4.91. The second-order valence-electron chi connectivity index (χ2n) is 3.47. The molecule has 2 amide bonds. The number of nitrogens with one attached hydrogen (secondary N) is 1. The Kier molecular flexibility index (Phi) is 4.03. The van der Waals surface area contributed by atoms with Gasteiger partial charge >= 0.3 is 0 Å². The number of phenolic OH excluding ortho intramolecular Hbond substituents is 1. The van der Waals surface area contributed by atoms with Crippen molar-refractivity contribution >= 4 is 11.8 Å². The summed E-state index contributed by atoms with van der Waals surface area (Å²) in [6, 6.07) is 3.57. The lowest BCUT2D eigenvalue weighted by molar-refractivity contribution is -0.121. The van der Waals surface area contributed by atoms with Crippen molar-refractivity contribution in [3.8, 4) is 5.75 Å². The smallest absolute Gasteiger partial charge is 0.260 e. The SMILES string of the molecule is CNC(=O)CN(C)C(=O)c1c(O)cccc1F. The van der Waals surface area contributed by atoms with E-state index in [0.29, 0.717) is 0 Å². The molecule has 92 valence electrons. The van der Waals surface area contributed by atoms with E-state index < -0.39 is 23.0 Å². The molecule has 0 unspecified atom stereocenters. The predicted molar refractivity (Wildman–Crippen MR) is 59.1 cm³/mol. The van der Waals surface area contributed by atoms with Crippen molar-refractivity contribution in [2.75, 3.05) is 20.6 Å². The van der Waals surface area contributed by atoms with E-state index in [2.05, 4.69) is 5.32 Å². The van der Waals surface area contributed by atoms with Gasteiger partial charge in [0.25, 0.3) is 5.91 Å². The Hall–Kier alpha value is -2.11. The molecule has 1 rings (SSSR count). The van der Waals surface area contributed by atoms with Crippen LogP contribution in [0.1, 0.15) is 10.4 Å². The van der Waals surface area contributed by atoms with Crippen molar-refractivity contribution in [2.45, 2.75) is 0 Å². The molecule has 6 heteroatoms. The summed E-state index contributed by atoms with van der Waals surface area (Å²) < 4.78 is 13.4. The van der Waals surface area contributed by atoms with Crippen LogP contribution in [0, 0.1) is 5.82 Å². The number of hydrogen-bond donors (Lipinski definition) is 2. The quantitative estimate of drug-likeness (QED) is 0.801. The molecule has 0 bridgehead atoms. The van der Waals surface area contributed by atoms with Crippen LogP contribution in [0.15, 0.2) is 18.2 Å². The molecule has 1 aromatic rings. The number of amides is 2. The van der Waals surface area contributed by atoms with Gasteiger partial charge in [-0.2, -0.15) is 0 Å². The van der Waals surface area contributed by atoms with E-state index in [0.717, 1.165) is 11.0 Å². The highest BCUT2D eigenvalue weighted by molar-refractivity contribution is 5.98. The fourth-order valence-electron chi connectivity index (χ4n) is 1.28. The van der Waals surface area contributed by atoms with Gasteiger partial charge in [0.1, 0.15) is 17.1 Å². The second kappa shape index (κ2) is 5.29. The lowest BCUT2D eigenvalue weighted by atomic mass is 10.1. The number of rotatable bonds is 3. The first kappa shape index (κ1) is 13.0. The van der Waals surface area contributed by atoms with Crippen LogP contribution >= 0.6 is 0 Å². The number of nitrogens with zero attached hydrogens (tertiary/aromatic N) is 1. The summed E-state index contributed by atoms with van der Waals surface area (Å²) in [5, 5.41) is 11.8. The van der Waals surface area contributed by atoms with E-state index >= 15 is 0 Å². The third-order valence-corrected chi connectivity index (χ3v) is 2.21. The van der Waals surface area contributed by atoms with E-state index in [1.165, 1.54) is 26.2 Å². The van der Waals surface area contributed by atoms with Gasteiger partial charge in [-0.3, -0.25) is 9.59 Å². The van der Waals surface area contributed by atoms with Gasteiger partial charge in [0.2, 0.25) is 5.91 Å². The van der Waals surface area contributed by atoms with E-state index in [1.54, 1.807) is 0 Å².